The maximum Gasteiger partial charge on any atom is 0.191 e. The van der Waals surface area contributed by atoms with E-state index in [2.05, 4.69) is 45.9 Å². The maximum absolute atomic E-state index is 4.36. The van der Waals surface area contributed by atoms with Gasteiger partial charge in [-0.3, -0.25) is 9.98 Å². The van der Waals surface area contributed by atoms with Gasteiger partial charge in [0.25, 0.3) is 0 Å². The van der Waals surface area contributed by atoms with Crippen molar-refractivity contribution in [2.24, 2.45) is 12.0 Å². The average molecular weight is 271 g/mol. The molecule has 0 atom stereocenters. The molecule has 20 heavy (non-hydrogen) atoms. The molecule has 2 rings (SSSR count). The van der Waals surface area contributed by atoms with Gasteiger partial charge in [0, 0.05) is 39.2 Å². The van der Waals surface area contributed by atoms with E-state index in [1.165, 1.54) is 11.1 Å². The Balaban J connectivity index is 1.85. The summed E-state index contributed by atoms with van der Waals surface area (Å²) in [5, 5.41) is 6.56. The lowest BCUT2D eigenvalue weighted by atomic mass is 10.2. The molecule has 0 unspecified atom stereocenters. The lowest BCUT2D eigenvalue weighted by Crippen LogP contribution is -2.36. The zero-order chi connectivity index (χ0) is 14.4. The second-order valence-electron chi connectivity index (χ2n) is 4.73. The van der Waals surface area contributed by atoms with Gasteiger partial charge in [-0.2, -0.15) is 0 Å². The Morgan fingerprint density at radius 1 is 1.30 bits per heavy atom. The Kier molecular flexibility index (Phi) is 4.76. The predicted molar refractivity (Wildman–Crippen MR) is 81.4 cm³/mol. The largest absolute Gasteiger partial charge is 0.357 e. The minimum Gasteiger partial charge on any atom is -0.357 e. The molecule has 0 aliphatic heterocycles. The van der Waals surface area contributed by atoms with Gasteiger partial charge in [-0.25, -0.2) is 0 Å². The van der Waals surface area contributed by atoms with Gasteiger partial charge in [0.2, 0.25) is 0 Å². The summed E-state index contributed by atoms with van der Waals surface area (Å²) in [7, 11) is 3.78. The fourth-order valence-electron chi connectivity index (χ4n) is 1.94. The van der Waals surface area contributed by atoms with Crippen LogP contribution in [0.2, 0.25) is 0 Å². The van der Waals surface area contributed by atoms with Crippen LogP contribution >= 0.6 is 0 Å². The molecule has 2 aromatic heterocycles. The third-order valence-electron chi connectivity index (χ3n) is 3.12. The van der Waals surface area contributed by atoms with Crippen LogP contribution in [0.3, 0.4) is 0 Å². The number of pyridine rings is 1. The van der Waals surface area contributed by atoms with Crippen LogP contribution in [0, 0.1) is 6.92 Å². The molecule has 0 radical (unpaired) electrons. The van der Waals surface area contributed by atoms with Crippen molar-refractivity contribution in [3.63, 3.8) is 0 Å². The quantitative estimate of drug-likeness (QED) is 0.656. The Morgan fingerprint density at radius 2 is 2.10 bits per heavy atom. The number of aliphatic imine (C=N–C) groups is 1. The van der Waals surface area contributed by atoms with Gasteiger partial charge in [0.15, 0.2) is 5.96 Å². The number of nitrogens with one attached hydrogen (secondary N) is 2. The predicted octanol–water partition coefficient (Wildman–Crippen LogP) is 1.59. The highest BCUT2D eigenvalue weighted by atomic mass is 15.2. The number of hydrogen-bond acceptors (Lipinski definition) is 2. The first kappa shape index (κ1) is 14.1. The van der Waals surface area contributed by atoms with Crippen molar-refractivity contribution >= 4 is 5.96 Å². The number of aryl methyl sites for hydroxylation is 2. The number of nitrogens with zero attached hydrogens (tertiary/aromatic N) is 3. The summed E-state index contributed by atoms with van der Waals surface area (Å²) in [6.45, 7) is 3.48. The Labute approximate surface area is 119 Å². The Hall–Kier alpha value is -2.30. The van der Waals surface area contributed by atoms with Crippen LogP contribution in [0.15, 0.2) is 41.8 Å². The molecule has 5 heteroatoms. The fraction of sp³-hybridized carbons (Fsp3) is 0.333. The van der Waals surface area contributed by atoms with Crippen molar-refractivity contribution in [1.82, 2.24) is 20.2 Å². The van der Waals surface area contributed by atoms with Gasteiger partial charge >= 0.3 is 0 Å². The normalized spacial score (nSPS) is 11.4. The van der Waals surface area contributed by atoms with Crippen molar-refractivity contribution < 1.29 is 0 Å². The summed E-state index contributed by atoms with van der Waals surface area (Å²) < 4.78 is 2.03. The number of guanidine groups is 1. The summed E-state index contributed by atoms with van der Waals surface area (Å²) in [5.41, 5.74) is 3.44. The highest BCUT2D eigenvalue weighted by Crippen LogP contribution is 2.02. The van der Waals surface area contributed by atoms with Crippen LogP contribution in [0.25, 0.3) is 0 Å². The summed E-state index contributed by atoms with van der Waals surface area (Å²) in [6.07, 6.45) is 5.93. The summed E-state index contributed by atoms with van der Waals surface area (Å²) in [5.74, 6) is 0.777. The highest BCUT2D eigenvalue weighted by Gasteiger charge is 2.02. The van der Waals surface area contributed by atoms with Gasteiger partial charge in [0.1, 0.15) is 0 Å². The number of hydrogen-bond donors (Lipinski definition) is 2. The van der Waals surface area contributed by atoms with Crippen molar-refractivity contribution in [2.75, 3.05) is 7.05 Å². The molecule has 0 saturated heterocycles. The zero-order valence-corrected chi connectivity index (χ0v) is 12.2. The lowest BCUT2D eigenvalue weighted by Gasteiger charge is -2.12. The molecule has 0 fully saturated rings. The number of rotatable bonds is 4. The molecule has 0 aliphatic rings. The monoisotopic (exact) mass is 271 g/mol. The van der Waals surface area contributed by atoms with Gasteiger partial charge in [-0.1, -0.05) is 6.07 Å². The van der Waals surface area contributed by atoms with Crippen LogP contribution in [0.1, 0.15) is 16.8 Å². The fourth-order valence-corrected chi connectivity index (χ4v) is 1.94. The van der Waals surface area contributed by atoms with Crippen LogP contribution in [-0.2, 0) is 20.1 Å². The van der Waals surface area contributed by atoms with Crippen molar-refractivity contribution in [1.29, 1.82) is 0 Å². The maximum atomic E-state index is 4.36. The van der Waals surface area contributed by atoms with Crippen LogP contribution < -0.4 is 10.6 Å². The number of aromatic nitrogens is 2. The standard InChI is InChI=1S/C15H21N5/c1-12-5-4-7-17-14(12)10-19-15(16-2)18-9-13-6-8-20(3)11-13/h4-8,11H,9-10H2,1-3H3,(H2,16,18,19). The molecule has 0 amide bonds. The zero-order valence-electron chi connectivity index (χ0n) is 12.2. The lowest BCUT2D eigenvalue weighted by molar-refractivity contribution is 0.788. The molecule has 2 aromatic rings. The first-order valence-corrected chi connectivity index (χ1v) is 6.65. The van der Waals surface area contributed by atoms with E-state index in [1.54, 1.807) is 7.05 Å². The van der Waals surface area contributed by atoms with E-state index >= 15 is 0 Å². The third kappa shape index (κ3) is 3.85. The highest BCUT2D eigenvalue weighted by molar-refractivity contribution is 5.79. The first-order valence-electron chi connectivity index (χ1n) is 6.65. The van der Waals surface area contributed by atoms with Gasteiger partial charge in [-0.05, 0) is 30.2 Å². The molecule has 0 bridgehead atoms. The van der Waals surface area contributed by atoms with Crippen molar-refractivity contribution in [3.8, 4) is 0 Å². The Bertz CT molecular complexity index is 585. The second kappa shape index (κ2) is 6.75. The topological polar surface area (TPSA) is 54.2 Å². The Morgan fingerprint density at radius 3 is 2.75 bits per heavy atom. The molecule has 0 aromatic carbocycles. The van der Waals surface area contributed by atoms with E-state index in [1.807, 2.05) is 30.1 Å². The van der Waals surface area contributed by atoms with E-state index in [0.717, 1.165) is 18.2 Å². The molecule has 2 N–H and O–H groups in total. The molecule has 2 heterocycles. The minimum absolute atomic E-state index is 0.668. The minimum atomic E-state index is 0.668. The molecule has 5 nitrogen and oxygen atoms in total. The van der Waals surface area contributed by atoms with Crippen LogP contribution in [-0.4, -0.2) is 22.6 Å². The smallest absolute Gasteiger partial charge is 0.191 e. The summed E-state index contributed by atoms with van der Waals surface area (Å²) >= 11 is 0. The third-order valence-corrected chi connectivity index (χ3v) is 3.12. The first-order chi connectivity index (χ1) is 9.69. The summed E-state index contributed by atoms with van der Waals surface area (Å²) in [6, 6.07) is 6.09. The van der Waals surface area contributed by atoms with Crippen molar-refractivity contribution in [3.05, 3.63) is 53.6 Å². The molecule has 0 spiro atoms. The van der Waals surface area contributed by atoms with E-state index in [0.29, 0.717) is 6.54 Å². The molecule has 0 aliphatic carbocycles. The van der Waals surface area contributed by atoms with E-state index in [4.69, 9.17) is 0 Å². The van der Waals surface area contributed by atoms with Crippen LogP contribution in [0.4, 0.5) is 0 Å². The van der Waals surface area contributed by atoms with E-state index < -0.39 is 0 Å². The van der Waals surface area contributed by atoms with Crippen molar-refractivity contribution in [2.45, 2.75) is 20.0 Å². The molecular formula is C15H21N5. The molecular weight excluding hydrogens is 250 g/mol. The average Bonchev–Trinajstić information content (AvgIpc) is 2.86. The molecule has 0 saturated carbocycles. The van der Waals surface area contributed by atoms with Crippen LogP contribution in [0.5, 0.6) is 0 Å². The molecule has 106 valence electrons. The van der Waals surface area contributed by atoms with Gasteiger partial charge < -0.3 is 15.2 Å². The van der Waals surface area contributed by atoms with E-state index in [-0.39, 0.29) is 0 Å². The second-order valence-corrected chi connectivity index (χ2v) is 4.73. The van der Waals surface area contributed by atoms with E-state index in [9.17, 15) is 0 Å². The van der Waals surface area contributed by atoms with Gasteiger partial charge in [-0.15, -0.1) is 0 Å². The SMILES string of the molecule is CN=C(NCc1ccn(C)c1)NCc1ncccc1C. The van der Waals surface area contributed by atoms with Gasteiger partial charge in [0.05, 0.1) is 12.2 Å². The summed E-state index contributed by atoms with van der Waals surface area (Å²) in [4.78, 5) is 8.57.